The molecule has 0 aliphatic carbocycles. The third kappa shape index (κ3) is 2.40. The molecule has 0 radical (unpaired) electrons. The van der Waals surface area contributed by atoms with Gasteiger partial charge in [0.1, 0.15) is 5.82 Å². The lowest BCUT2D eigenvalue weighted by Gasteiger charge is -2.21. The van der Waals surface area contributed by atoms with Gasteiger partial charge in [-0.1, -0.05) is 12.1 Å². The van der Waals surface area contributed by atoms with E-state index in [4.69, 9.17) is 0 Å². The number of carbonyl (C=O) groups excluding carboxylic acids is 1. The fourth-order valence-electron chi connectivity index (χ4n) is 2.18. The third-order valence-electron chi connectivity index (χ3n) is 3.14. The van der Waals surface area contributed by atoms with E-state index >= 15 is 0 Å². The Morgan fingerprint density at radius 1 is 1.44 bits per heavy atom. The van der Waals surface area contributed by atoms with Crippen LogP contribution in [0.5, 0.6) is 0 Å². The van der Waals surface area contributed by atoms with Gasteiger partial charge in [-0.15, -0.1) is 0 Å². The lowest BCUT2D eigenvalue weighted by Crippen LogP contribution is -2.34. The molecular formula is C13H16FNO. The lowest BCUT2D eigenvalue weighted by molar-refractivity contribution is -0.130. The Morgan fingerprint density at radius 3 is 2.69 bits per heavy atom. The molecule has 1 heterocycles. The molecule has 2 nitrogen and oxygen atoms in total. The van der Waals surface area contributed by atoms with Gasteiger partial charge >= 0.3 is 0 Å². The Bertz CT molecular complexity index is 374. The van der Waals surface area contributed by atoms with Gasteiger partial charge in [-0.05, 0) is 37.5 Å². The van der Waals surface area contributed by atoms with Gasteiger partial charge in [-0.25, -0.2) is 4.39 Å². The van der Waals surface area contributed by atoms with Gasteiger partial charge in [0.15, 0.2) is 0 Å². The van der Waals surface area contributed by atoms with E-state index in [1.54, 1.807) is 12.1 Å². The Labute approximate surface area is 95.1 Å². The van der Waals surface area contributed by atoms with E-state index in [9.17, 15) is 9.18 Å². The maximum absolute atomic E-state index is 12.7. The van der Waals surface area contributed by atoms with Crippen molar-refractivity contribution in [1.29, 1.82) is 0 Å². The molecule has 2 rings (SSSR count). The summed E-state index contributed by atoms with van der Waals surface area (Å²) in [5.41, 5.74) is 0.880. The molecule has 1 fully saturated rings. The van der Waals surface area contributed by atoms with Crippen LogP contribution in [0.4, 0.5) is 4.39 Å². The van der Waals surface area contributed by atoms with Crippen LogP contribution < -0.4 is 0 Å². The first kappa shape index (κ1) is 11.1. The number of hydrogen-bond donors (Lipinski definition) is 0. The molecule has 16 heavy (non-hydrogen) atoms. The zero-order valence-corrected chi connectivity index (χ0v) is 9.45. The molecular weight excluding hydrogens is 205 g/mol. The van der Waals surface area contributed by atoms with Crippen LogP contribution >= 0.6 is 0 Å². The van der Waals surface area contributed by atoms with E-state index in [0.717, 1.165) is 24.9 Å². The van der Waals surface area contributed by atoms with Crippen LogP contribution in [-0.2, 0) is 11.2 Å². The predicted molar refractivity (Wildman–Crippen MR) is 60.5 cm³/mol. The van der Waals surface area contributed by atoms with Crippen molar-refractivity contribution >= 4 is 5.91 Å². The summed E-state index contributed by atoms with van der Waals surface area (Å²) in [5, 5.41) is 0. The van der Waals surface area contributed by atoms with Gasteiger partial charge in [0.25, 0.3) is 0 Å². The minimum Gasteiger partial charge on any atom is -0.340 e. The highest BCUT2D eigenvalue weighted by Gasteiger charge is 2.24. The van der Waals surface area contributed by atoms with Gasteiger partial charge in [0.05, 0.1) is 6.42 Å². The maximum Gasteiger partial charge on any atom is 0.227 e. The highest BCUT2D eigenvalue weighted by atomic mass is 19.1. The molecule has 1 aromatic rings. The normalized spacial score (nSPS) is 20.1. The van der Waals surface area contributed by atoms with Crippen molar-refractivity contribution in [1.82, 2.24) is 4.90 Å². The SMILES string of the molecule is CC1CCCN1C(=O)Cc1ccc(F)cc1. The number of nitrogens with zero attached hydrogens (tertiary/aromatic N) is 1. The van der Waals surface area contributed by atoms with Crippen LogP contribution in [0.2, 0.25) is 0 Å². The number of halogens is 1. The third-order valence-corrected chi connectivity index (χ3v) is 3.14. The largest absolute Gasteiger partial charge is 0.340 e. The van der Waals surface area contributed by atoms with Crippen LogP contribution in [0, 0.1) is 5.82 Å². The quantitative estimate of drug-likeness (QED) is 0.750. The monoisotopic (exact) mass is 221 g/mol. The number of carbonyl (C=O) groups is 1. The number of amides is 1. The summed E-state index contributed by atoms with van der Waals surface area (Å²) in [6, 6.07) is 6.50. The molecule has 1 unspecified atom stereocenters. The standard InChI is InChI=1S/C13H16FNO/c1-10-3-2-8-15(10)13(16)9-11-4-6-12(14)7-5-11/h4-7,10H,2-3,8-9H2,1H3. The highest BCUT2D eigenvalue weighted by Crippen LogP contribution is 2.17. The summed E-state index contributed by atoms with van der Waals surface area (Å²) in [4.78, 5) is 13.9. The zero-order valence-electron chi connectivity index (χ0n) is 9.45. The number of benzene rings is 1. The zero-order chi connectivity index (χ0) is 11.5. The Morgan fingerprint density at radius 2 is 2.12 bits per heavy atom. The fourth-order valence-corrected chi connectivity index (χ4v) is 2.18. The molecule has 1 atom stereocenters. The van der Waals surface area contributed by atoms with Crippen molar-refractivity contribution in [3.63, 3.8) is 0 Å². The second-order valence-corrected chi connectivity index (χ2v) is 4.38. The Balaban J connectivity index is 1.99. The number of hydrogen-bond acceptors (Lipinski definition) is 1. The summed E-state index contributed by atoms with van der Waals surface area (Å²) in [7, 11) is 0. The first-order valence-corrected chi connectivity index (χ1v) is 5.71. The molecule has 86 valence electrons. The van der Waals surface area contributed by atoms with Crippen molar-refractivity contribution in [2.24, 2.45) is 0 Å². The van der Waals surface area contributed by atoms with Crippen LogP contribution in [0.25, 0.3) is 0 Å². The molecule has 0 spiro atoms. The molecule has 0 bridgehead atoms. The molecule has 0 aromatic heterocycles. The first-order valence-electron chi connectivity index (χ1n) is 5.71. The van der Waals surface area contributed by atoms with Gasteiger partial charge in [0.2, 0.25) is 5.91 Å². The molecule has 1 aliphatic rings. The molecule has 1 aliphatic heterocycles. The summed E-state index contributed by atoms with van der Waals surface area (Å²) >= 11 is 0. The van der Waals surface area contributed by atoms with Crippen molar-refractivity contribution in [3.8, 4) is 0 Å². The van der Waals surface area contributed by atoms with E-state index in [-0.39, 0.29) is 11.7 Å². The lowest BCUT2D eigenvalue weighted by atomic mass is 10.1. The Kier molecular flexibility index (Phi) is 3.22. The van der Waals surface area contributed by atoms with Gasteiger partial charge in [0, 0.05) is 12.6 Å². The molecule has 1 aromatic carbocycles. The number of rotatable bonds is 2. The number of likely N-dealkylation sites (tertiary alicyclic amines) is 1. The first-order chi connectivity index (χ1) is 7.66. The summed E-state index contributed by atoms with van der Waals surface area (Å²) in [6.07, 6.45) is 2.57. The summed E-state index contributed by atoms with van der Waals surface area (Å²) in [6.45, 7) is 2.94. The molecule has 0 N–H and O–H groups in total. The second kappa shape index (κ2) is 4.64. The topological polar surface area (TPSA) is 20.3 Å². The minimum atomic E-state index is -0.259. The predicted octanol–water partition coefficient (Wildman–Crippen LogP) is 2.38. The highest BCUT2D eigenvalue weighted by molar-refractivity contribution is 5.79. The Hall–Kier alpha value is -1.38. The van der Waals surface area contributed by atoms with Crippen LogP contribution in [-0.4, -0.2) is 23.4 Å². The summed E-state index contributed by atoms with van der Waals surface area (Å²) < 4.78 is 12.7. The molecule has 1 saturated heterocycles. The van der Waals surface area contributed by atoms with Crippen LogP contribution in [0.1, 0.15) is 25.3 Å². The minimum absolute atomic E-state index is 0.150. The van der Waals surface area contributed by atoms with Crippen molar-refractivity contribution in [2.75, 3.05) is 6.54 Å². The van der Waals surface area contributed by atoms with E-state index in [1.165, 1.54) is 12.1 Å². The van der Waals surface area contributed by atoms with Crippen molar-refractivity contribution in [2.45, 2.75) is 32.2 Å². The fraction of sp³-hybridized carbons (Fsp3) is 0.462. The van der Waals surface area contributed by atoms with E-state index < -0.39 is 0 Å². The smallest absolute Gasteiger partial charge is 0.227 e. The van der Waals surface area contributed by atoms with Crippen LogP contribution in [0.15, 0.2) is 24.3 Å². The van der Waals surface area contributed by atoms with E-state index in [1.807, 2.05) is 4.90 Å². The summed E-state index contributed by atoms with van der Waals surface area (Å²) in [5.74, 6) is -0.109. The van der Waals surface area contributed by atoms with Crippen molar-refractivity contribution in [3.05, 3.63) is 35.6 Å². The maximum atomic E-state index is 12.7. The average molecular weight is 221 g/mol. The molecule has 3 heteroatoms. The van der Waals surface area contributed by atoms with Crippen molar-refractivity contribution < 1.29 is 9.18 Å². The van der Waals surface area contributed by atoms with Gasteiger partial charge in [-0.2, -0.15) is 0 Å². The van der Waals surface area contributed by atoms with E-state index in [0.29, 0.717) is 12.5 Å². The molecule has 0 saturated carbocycles. The van der Waals surface area contributed by atoms with Gasteiger partial charge in [-0.3, -0.25) is 4.79 Å². The second-order valence-electron chi connectivity index (χ2n) is 4.38. The van der Waals surface area contributed by atoms with Gasteiger partial charge < -0.3 is 4.90 Å². The van der Waals surface area contributed by atoms with Crippen LogP contribution in [0.3, 0.4) is 0 Å². The average Bonchev–Trinajstić information content (AvgIpc) is 2.68. The molecule has 1 amide bonds. The van der Waals surface area contributed by atoms with E-state index in [2.05, 4.69) is 6.92 Å².